The van der Waals surface area contributed by atoms with Crippen molar-refractivity contribution in [3.05, 3.63) is 60.3 Å². The van der Waals surface area contributed by atoms with E-state index in [1.807, 2.05) is 19.2 Å². The number of nitrogens with one attached hydrogen (secondary N) is 1. The molecule has 0 amide bonds. The molecule has 0 bridgehead atoms. The molecule has 0 heterocycles. The first-order chi connectivity index (χ1) is 7.42. The van der Waals surface area contributed by atoms with Gasteiger partial charge in [0.15, 0.2) is 0 Å². The molecule has 0 atom stereocenters. The standard InChI is InChI=1S/C14H15N/c1-2-10-15-11-13-8-5-7-12-6-3-4-9-14(12)13/h2-10,15H,11H2,1H3. The third kappa shape index (κ3) is 2.18. The lowest BCUT2D eigenvalue weighted by Crippen LogP contribution is -2.04. The topological polar surface area (TPSA) is 12.0 Å². The number of benzene rings is 2. The van der Waals surface area contributed by atoms with Crippen LogP contribution in [-0.2, 0) is 6.54 Å². The summed E-state index contributed by atoms with van der Waals surface area (Å²) in [6.45, 7) is 2.89. The van der Waals surface area contributed by atoms with E-state index < -0.39 is 0 Å². The molecule has 0 aromatic heterocycles. The van der Waals surface area contributed by atoms with E-state index in [4.69, 9.17) is 0 Å². The molecule has 0 aliphatic carbocycles. The van der Waals surface area contributed by atoms with Crippen LogP contribution in [0.1, 0.15) is 12.5 Å². The fourth-order valence-electron chi connectivity index (χ4n) is 1.73. The monoisotopic (exact) mass is 197 g/mol. The molecule has 0 unspecified atom stereocenters. The van der Waals surface area contributed by atoms with Gasteiger partial charge in [0, 0.05) is 6.54 Å². The van der Waals surface area contributed by atoms with Gasteiger partial charge in [-0.2, -0.15) is 0 Å². The summed E-state index contributed by atoms with van der Waals surface area (Å²) in [7, 11) is 0. The predicted octanol–water partition coefficient (Wildman–Crippen LogP) is 3.46. The summed E-state index contributed by atoms with van der Waals surface area (Å²) in [5.41, 5.74) is 1.34. The molecule has 2 rings (SSSR count). The first-order valence-electron chi connectivity index (χ1n) is 5.23. The van der Waals surface area contributed by atoms with Gasteiger partial charge in [-0.15, -0.1) is 0 Å². The van der Waals surface area contributed by atoms with Crippen molar-refractivity contribution >= 4 is 10.8 Å². The van der Waals surface area contributed by atoms with E-state index in [9.17, 15) is 0 Å². The molecule has 1 heteroatoms. The van der Waals surface area contributed by atoms with Gasteiger partial charge in [-0.25, -0.2) is 0 Å². The lowest BCUT2D eigenvalue weighted by atomic mass is 10.0. The largest absolute Gasteiger partial charge is 0.387 e. The minimum Gasteiger partial charge on any atom is -0.387 e. The van der Waals surface area contributed by atoms with E-state index in [1.54, 1.807) is 0 Å². The Morgan fingerprint density at radius 3 is 2.73 bits per heavy atom. The molecule has 2 aromatic carbocycles. The Morgan fingerprint density at radius 2 is 1.87 bits per heavy atom. The highest BCUT2D eigenvalue weighted by Crippen LogP contribution is 2.17. The molecule has 1 nitrogen and oxygen atoms in total. The molecule has 0 saturated carbocycles. The molecule has 15 heavy (non-hydrogen) atoms. The van der Waals surface area contributed by atoms with Gasteiger partial charge < -0.3 is 5.32 Å². The van der Waals surface area contributed by atoms with Crippen molar-refractivity contribution in [3.63, 3.8) is 0 Å². The third-order valence-electron chi connectivity index (χ3n) is 2.46. The van der Waals surface area contributed by atoms with Crippen molar-refractivity contribution in [2.24, 2.45) is 0 Å². The molecule has 0 aliphatic rings. The minimum absolute atomic E-state index is 0.881. The van der Waals surface area contributed by atoms with E-state index in [1.165, 1.54) is 16.3 Å². The summed E-state index contributed by atoms with van der Waals surface area (Å²) < 4.78 is 0. The molecule has 0 saturated heterocycles. The SMILES string of the molecule is CC=CNCc1cccc2ccccc12. The van der Waals surface area contributed by atoms with Crippen LogP contribution in [0.15, 0.2) is 54.7 Å². The second kappa shape index (κ2) is 4.65. The minimum atomic E-state index is 0.881. The third-order valence-corrected chi connectivity index (χ3v) is 2.46. The van der Waals surface area contributed by atoms with Gasteiger partial charge in [0.2, 0.25) is 0 Å². The second-order valence-corrected chi connectivity index (χ2v) is 3.52. The summed E-state index contributed by atoms with van der Waals surface area (Å²) in [6.07, 6.45) is 3.98. The number of fused-ring (bicyclic) bond motifs is 1. The van der Waals surface area contributed by atoms with Crippen molar-refractivity contribution < 1.29 is 0 Å². The average molecular weight is 197 g/mol. The van der Waals surface area contributed by atoms with Crippen LogP contribution in [-0.4, -0.2) is 0 Å². The van der Waals surface area contributed by atoms with E-state index in [-0.39, 0.29) is 0 Å². The van der Waals surface area contributed by atoms with Gasteiger partial charge in [0.05, 0.1) is 0 Å². The quantitative estimate of drug-likeness (QED) is 0.794. The summed E-state index contributed by atoms with van der Waals surface area (Å²) in [5.74, 6) is 0. The summed E-state index contributed by atoms with van der Waals surface area (Å²) >= 11 is 0. The van der Waals surface area contributed by atoms with Crippen LogP contribution in [0.25, 0.3) is 10.8 Å². The zero-order valence-electron chi connectivity index (χ0n) is 8.90. The maximum atomic E-state index is 3.26. The van der Waals surface area contributed by atoms with Gasteiger partial charge in [-0.05, 0) is 29.5 Å². The Morgan fingerprint density at radius 1 is 1.07 bits per heavy atom. The first-order valence-corrected chi connectivity index (χ1v) is 5.23. The van der Waals surface area contributed by atoms with Crippen LogP contribution >= 0.6 is 0 Å². The Hall–Kier alpha value is -1.76. The average Bonchev–Trinajstić information content (AvgIpc) is 2.30. The van der Waals surface area contributed by atoms with Crippen LogP contribution in [0.2, 0.25) is 0 Å². The van der Waals surface area contributed by atoms with Crippen molar-refractivity contribution in [2.45, 2.75) is 13.5 Å². The highest BCUT2D eigenvalue weighted by molar-refractivity contribution is 5.85. The van der Waals surface area contributed by atoms with Crippen LogP contribution in [0.4, 0.5) is 0 Å². The molecule has 0 fully saturated rings. The molecular formula is C14H15N. The van der Waals surface area contributed by atoms with Crippen LogP contribution in [0.5, 0.6) is 0 Å². The van der Waals surface area contributed by atoms with Crippen molar-refractivity contribution in [1.29, 1.82) is 0 Å². The summed E-state index contributed by atoms with van der Waals surface area (Å²) in [6, 6.07) is 14.9. The molecule has 1 N–H and O–H groups in total. The lowest BCUT2D eigenvalue weighted by Gasteiger charge is -2.06. The Labute approximate surface area is 90.4 Å². The van der Waals surface area contributed by atoms with Gasteiger partial charge in [0.1, 0.15) is 0 Å². The van der Waals surface area contributed by atoms with Gasteiger partial charge in [0.25, 0.3) is 0 Å². The highest BCUT2D eigenvalue weighted by atomic mass is 14.8. The van der Waals surface area contributed by atoms with E-state index in [0.29, 0.717) is 0 Å². The highest BCUT2D eigenvalue weighted by Gasteiger charge is 1.97. The molecule has 0 aliphatic heterocycles. The van der Waals surface area contributed by atoms with Gasteiger partial charge in [-0.1, -0.05) is 48.5 Å². The lowest BCUT2D eigenvalue weighted by molar-refractivity contribution is 0.875. The van der Waals surface area contributed by atoms with Crippen LogP contribution in [0.3, 0.4) is 0 Å². The number of hydrogen-bond donors (Lipinski definition) is 1. The first kappa shape index (κ1) is 9.78. The van der Waals surface area contributed by atoms with Gasteiger partial charge >= 0.3 is 0 Å². The number of rotatable bonds is 3. The zero-order chi connectivity index (χ0) is 10.5. The maximum Gasteiger partial charge on any atom is 0.0401 e. The van der Waals surface area contributed by atoms with Crippen LogP contribution in [0, 0.1) is 0 Å². The zero-order valence-corrected chi connectivity index (χ0v) is 8.90. The normalized spacial score (nSPS) is 11.0. The van der Waals surface area contributed by atoms with Crippen molar-refractivity contribution in [2.75, 3.05) is 0 Å². The van der Waals surface area contributed by atoms with E-state index >= 15 is 0 Å². The Balaban J connectivity index is 2.34. The fourth-order valence-corrected chi connectivity index (χ4v) is 1.73. The predicted molar refractivity (Wildman–Crippen MR) is 65.6 cm³/mol. The van der Waals surface area contributed by atoms with Gasteiger partial charge in [-0.3, -0.25) is 0 Å². The summed E-state index contributed by atoms with van der Waals surface area (Å²) in [5, 5.41) is 5.90. The fraction of sp³-hybridized carbons (Fsp3) is 0.143. The van der Waals surface area contributed by atoms with Crippen LogP contribution < -0.4 is 5.32 Å². The van der Waals surface area contributed by atoms with Crippen molar-refractivity contribution in [3.8, 4) is 0 Å². The van der Waals surface area contributed by atoms with E-state index in [0.717, 1.165) is 6.54 Å². The Kier molecular flexibility index (Phi) is 3.03. The number of allylic oxidation sites excluding steroid dienone is 1. The molecule has 76 valence electrons. The molecule has 0 radical (unpaired) electrons. The van der Waals surface area contributed by atoms with E-state index in [2.05, 4.69) is 47.8 Å². The summed E-state index contributed by atoms with van der Waals surface area (Å²) in [4.78, 5) is 0. The maximum absolute atomic E-state index is 3.26. The molecular weight excluding hydrogens is 182 g/mol. The van der Waals surface area contributed by atoms with Crippen molar-refractivity contribution in [1.82, 2.24) is 5.32 Å². The Bertz CT molecular complexity index is 466. The molecule has 0 spiro atoms. The smallest absolute Gasteiger partial charge is 0.0401 e. The number of hydrogen-bond acceptors (Lipinski definition) is 1. The second-order valence-electron chi connectivity index (χ2n) is 3.52. The molecule has 2 aromatic rings.